The van der Waals surface area contributed by atoms with Crippen molar-refractivity contribution in [3.8, 4) is 0 Å². The first-order valence-corrected chi connectivity index (χ1v) is 12.6. The molecule has 0 aromatic heterocycles. The van der Waals surface area contributed by atoms with Crippen LogP contribution in [0, 0.1) is 0 Å². The summed E-state index contributed by atoms with van der Waals surface area (Å²) in [6.45, 7) is 0.226. The first-order chi connectivity index (χ1) is 19.0. The van der Waals surface area contributed by atoms with Gasteiger partial charge >= 0.3 is 11.9 Å². The van der Waals surface area contributed by atoms with Crippen LogP contribution in [-0.2, 0) is 27.5 Å². The van der Waals surface area contributed by atoms with Crippen molar-refractivity contribution in [2.75, 3.05) is 18.5 Å². The molecule has 198 valence electrons. The molecule has 0 spiro atoms. The van der Waals surface area contributed by atoms with Gasteiger partial charge in [-0.3, -0.25) is 4.79 Å². The van der Waals surface area contributed by atoms with E-state index >= 15 is 0 Å². The summed E-state index contributed by atoms with van der Waals surface area (Å²) in [6.07, 6.45) is 0. The first kappa shape index (κ1) is 27.3. The fourth-order valence-electron chi connectivity index (χ4n) is 4.08. The third kappa shape index (κ3) is 7.18. The molecule has 4 aromatic carbocycles. The van der Waals surface area contributed by atoms with Crippen molar-refractivity contribution in [2.45, 2.75) is 19.1 Å². The molecule has 0 bridgehead atoms. The topological polar surface area (TPSA) is 98.9 Å². The minimum atomic E-state index is -0.628. The lowest BCUT2D eigenvalue weighted by atomic mass is 9.97. The second-order valence-electron chi connectivity index (χ2n) is 8.99. The van der Waals surface area contributed by atoms with Crippen LogP contribution in [0.1, 0.15) is 43.3 Å². The molecule has 7 nitrogen and oxygen atoms in total. The molecular weight excluding hydrogens is 492 g/mol. The zero-order chi connectivity index (χ0) is 27.6. The van der Waals surface area contributed by atoms with Gasteiger partial charge in [0.25, 0.3) is 0 Å². The average Bonchev–Trinajstić information content (AvgIpc) is 3.00. The van der Waals surface area contributed by atoms with Crippen molar-refractivity contribution in [3.05, 3.63) is 137 Å². The summed E-state index contributed by atoms with van der Waals surface area (Å²) < 4.78 is 11.0. The molecule has 1 unspecified atom stereocenters. The van der Waals surface area contributed by atoms with Gasteiger partial charge in [-0.2, -0.15) is 0 Å². The Hall–Kier alpha value is -4.75. The molecule has 0 saturated carbocycles. The highest BCUT2D eigenvalue weighted by molar-refractivity contribution is 6.02. The first-order valence-electron chi connectivity index (χ1n) is 12.6. The molecular formula is C32H30N2O5. The van der Waals surface area contributed by atoms with E-state index < -0.39 is 17.9 Å². The van der Waals surface area contributed by atoms with Crippen LogP contribution < -0.4 is 10.6 Å². The molecule has 0 radical (unpaired) electrons. The van der Waals surface area contributed by atoms with Crippen LogP contribution in [0.15, 0.2) is 109 Å². The Morgan fingerprint density at radius 3 is 1.56 bits per heavy atom. The van der Waals surface area contributed by atoms with Gasteiger partial charge in [-0.1, -0.05) is 91.0 Å². The van der Waals surface area contributed by atoms with Gasteiger partial charge in [0.05, 0.1) is 17.0 Å². The average molecular weight is 523 g/mol. The second-order valence-corrected chi connectivity index (χ2v) is 8.99. The molecule has 39 heavy (non-hydrogen) atoms. The molecule has 0 heterocycles. The van der Waals surface area contributed by atoms with Gasteiger partial charge in [0.2, 0.25) is 5.91 Å². The number of amides is 1. The Morgan fingerprint density at radius 2 is 1.13 bits per heavy atom. The maximum absolute atomic E-state index is 13.5. The lowest BCUT2D eigenvalue weighted by Gasteiger charge is -2.24. The van der Waals surface area contributed by atoms with Crippen LogP contribution in [0.5, 0.6) is 0 Å². The predicted molar refractivity (Wildman–Crippen MR) is 149 cm³/mol. The smallest absolute Gasteiger partial charge is 0.338 e. The summed E-state index contributed by atoms with van der Waals surface area (Å²) in [5.74, 6) is -2.13. The number of esters is 2. The Kier molecular flexibility index (Phi) is 9.21. The molecule has 7 heteroatoms. The van der Waals surface area contributed by atoms with Crippen molar-refractivity contribution in [1.29, 1.82) is 0 Å². The number of ether oxygens (including phenoxy) is 2. The summed E-state index contributed by atoms with van der Waals surface area (Å²) in [5.41, 5.74) is 8.99. The van der Waals surface area contributed by atoms with Gasteiger partial charge < -0.3 is 20.1 Å². The number of rotatable bonds is 10. The molecule has 0 saturated heterocycles. The summed E-state index contributed by atoms with van der Waals surface area (Å²) >= 11 is 0. The van der Waals surface area contributed by atoms with Crippen LogP contribution in [0.4, 0.5) is 5.69 Å². The van der Waals surface area contributed by atoms with Gasteiger partial charge in [0.15, 0.2) is 0 Å². The number of anilines is 1. The third-order valence-corrected chi connectivity index (χ3v) is 6.27. The van der Waals surface area contributed by atoms with E-state index in [1.807, 2.05) is 91.0 Å². The van der Waals surface area contributed by atoms with Gasteiger partial charge in [-0.05, 0) is 34.9 Å². The Balaban J connectivity index is 1.61. The van der Waals surface area contributed by atoms with Crippen molar-refractivity contribution >= 4 is 23.5 Å². The second kappa shape index (κ2) is 13.2. The molecule has 0 aliphatic rings. The normalized spacial score (nSPS) is 11.3. The summed E-state index contributed by atoms with van der Waals surface area (Å²) in [6, 6.07) is 32.2. The quantitative estimate of drug-likeness (QED) is 0.291. The molecule has 4 aromatic rings. The van der Waals surface area contributed by atoms with E-state index in [0.29, 0.717) is 5.69 Å². The van der Waals surface area contributed by atoms with E-state index in [2.05, 4.69) is 0 Å². The van der Waals surface area contributed by atoms with E-state index in [9.17, 15) is 14.4 Å². The predicted octanol–water partition coefficient (Wildman–Crippen LogP) is 5.11. The van der Waals surface area contributed by atoms with E-state index in [1.54, 1.807) is 7.05 Å². The highest BCUT2D eigenvalue weighted by atomic mass is 16.5. The lowest BCUT2D eigenvalue weighted by molar-refractivity contribution is -0.119. The molecule has 4 rings (SSSR count). The van der Waals surface area contributed by atoms with Crippen LogP contribution in [-0.4, -0.2) is 31.4 Å². The molecule has 1 atom stereocenters. The minimum absolute atomic E-state index is 0.0652. The summed E-state index contributed by atoms with van der Waals surface area (Å²) in [5, 5.41) is 0. The number of carbonyl (C=O) groups excluding carboxylic acids is 3. The van der Waals surface area contributed by atoms with Crippen molar-refractivity contribution in [3.63, 3.8) is 0 Å². The zero-order valence-electron chi connectivity index (χ0n) is 21.7. The zero-order valence-corrected chi connectivity index (χ0v) is 21.7. The van der Waals surface area contributed by atoms with Gasteiger partial charge in [-0.15, -0.1) is 0 Å². The molecule has 0 aliphatic carbocycles. The van der Waals surface area contributed by atoms with Gasteiger partial charge in [-0.25, -0.2) is 9.59 Å². The molecule has 0 fully saturated rings. The number of carbonyl (C=O) groups is 3. The number of hydrogen-bond donors (Lipinski definition) is 1. The largest absolute Gasteiger partial charge is 0.457 e. The Labute approximate surface area is 227 Å². The third-order valence-electron chi connectivity index (χ3n) is 6.27. The van der Waals surface area contributed by atoms with Crippen molar-refractivity contribution in [1.82, 2.24) is 0 Å². The van der Waals surface area contributed by atoms with Crippen molar-refractivity contribution < 1.29 is 23.9 Å². The van der Waals surface area contributed by atoms with Crippen LogP contribution in [0.3, 0.4) is 0 Å². The lowest BCUT2D eigenvalue weighted by Crippen LogP contribution is -2.35. The summed E-state index contributed by atoms with van der Waals surface area (Å²) in [4.78, 5) is 40.9. The van der Waals surface area contributed by atoms with Gasteiger partial charge in [0, 0.05) is 19.3 Å². The molecule has 2 N–H and O–H groups in total. The monoisotopic (exact) mass is 522 g/mol. The standard InChI is InChI=1S/C32H30N2O5/c1-34(30(35)29(20-33)25-15-9-4-10-16-25)28-18-26(31(36)38-21-23-11-5-2-6-12-23)17-27(19-28)32(37)39-22-24-13-7-3-8-14-24/h2-19,29H,20-22,33H2,1H3. The minimum Gasteiger partial charge on any atom is -0.457 e. The molecule has 1 amide bonds. The number of benzene rings is 4. The van der Waals surface area contributed by atoms with E-state index in [0.717, 1.165) is 16.7 Å². The summed E-state index contributed by atoms with van der Waals surface area (Å²) in [7, 11) is 1.58. The number of hydrogen-bond acceptors (Lipinski definition) is 6. The van der Waals surface area contributed by atoms with E-state index in [-0.39, 0.29) is 36.8 Å². The number of nitrogens with zero attached hydrogens (tertiary/aromatic N) is 1. The highest BCUT2D eigenvalue weighted by Gasteiger charge is 2.25. The Morgan fingerprint density at radius 1 is 0.692 bits per heavy atom. The van der Waals surface area contributed by atoms with Crippen LogP contribution in [0.25, 0.3) is 0 Å². The SMILES string of the molecule is CN(C(=O)C(CN)c1ccccc1)c1cc(C(=O)OCc2ccccc2)cc(C(=O)OCc2ccccc2)c1. The highest BCUT2D eigenvalue weighted by Crippen LogP contribution is 2.25. The fourth-order valence-corrected chi connectivity index (χ4v) is 4.08. The van der Waals surface area contributed by atoms with Gasteiger partial charge in [0.1, 0.15) is 13.2 Å². The fraction of sp³-hybridized carbons (Fsp3) is 0.156. The van der Waals surface area contributed by atoms with E-state index in [4.69, 9.17) is 15.2 Å². The maximum atomic E-state index is 13.5. The Bertz CT molecular complexity index is 1330. The molecule has 0 aliphatic heterocycles. The van der Waals surface area contributed by atoms with Crippen LogP contribution in [0.2, 0.25) is 0 Å². The number of nitrogens with two attached hydrogens (primary N) is 1. The van der Waals surface area contributed by atoms with Crippen molar-refractivity contribution in [2.24, 2.45) is 5.73 Å². The number of likely N-dealkylation sites (N-methyl/N-ethyl adjacent to an activating group) is 1. The maximum Gasteiger partial charge on any atom is 0.338 e. The van der Waals surface area contributed by atoms with E-state index in [1.165, 1.54) is 23.1 Å². The van der Waals surface area contributed by atoms with Crippen LogP contribution >= 0.6 is 0 Å².